The molecule has 5 heteroatoms. The molecular weight excluding hydrogens is 276 g/mol. The van der Waals surface area contributed by atoms with Crippen molar-refractivity contribution < 1.29 is 4.74 Å². The monoisotopic (exact) mass is 290 g/mol. The van der Waals surface area contributed by atoms with Gasteiger partial charge >= 0.3 is 0 Å². The average Bonchev–Trinajstić information content (AvgIpc) is 3.08. The summed E-state index contributed by atoms with van der Waals surface area (Å²) in [5.41, 5.74) is 9.38. The van der Waals surface area contributed by atoms with Gasteiger partial charge in [0.15, 0.2) is 0 Å². The van der Waals surface area contributed by atoms with Crippen molar-refractivity contribution in [3.05, 3.63) is 54.2 Å². The highest BCUT2D eigenvalue weighted by atomic mass is 16.5. The van der Waals surface area contributed by atoms with Crippen LogP contribution in [0.5, 0.6) is 5.75 Å². The summed E-state index contributed by atoms with van der Waals surface area (Å²) >= 11 is 0. The molecule has 0 atom stereocenters. The highest BCUT2D eigenvalue weighted by Crippen LogP contribution is 2.34. The number of nitrogens with one attached hydrogen (secondary N) is 1. The Labute approximate surface area is 128 Å². The smallest absolute Gasteiger partial charge is 0.142 e. The van der Waals surface area contributed by atoms with Gasteiger partial charge in [0.05, 0.1) is 12.8 Å². The number of hydrogen-bond donors (Lipinski definition) is 2. The van der Waals surface area contributed by atoms with Gasteiger partial charge in [-0.15, -0.1) is 0 Å². The number of rotatable bonds is 3. The number of nitrogens with zero attached hydrogens (tertiary/aromatic N) is 2. The molecule has 0 aliphatic heterocycles. The molecule has 0 aliphatic carbocycles. The van der Waals surface area contributed by atoms with Crippen LogP contribution in [0.2, 0.25) is 0 Å². The summed E-state index contributed by atoms with van der Waals surface area (Å²) in [6.45, 7) is 0. The van der Waals surface area contributed by atoms with Crippen LogP contribution in [0.1, 0.15) is 5.56 Å². The van der Waals surface area contributed by atoms with Gasteiger partial charge in [-0.05, 0) is 30.3 Å². The molecule has 1 aromatic carbocycles. The van der Waals surface area contributed by atoms with Gasteiger partial charge in [-0.25, -0.2) is 4.98 Å². The lowest BCUT2D eigenvalue weighted by Crippen LogP contribution is -2.00. The Morgan fingerprint density at radius 3 is 2.68 bits per heavy atom. The molecule has 108 valence electrons. The second-order valence-electron chi connectivity index (χ2n) is 4.71. The number of aromatic nitrogens is 2. The Morgan fingerprint density at radius 2 is 2.00 bits per heavy atom. The second-order valence-corrected chi connectivity index (χ2v) is 4.71. The van der Waals surface area contributed by atoms with E-state index in [4.69, 9.17) is 10.5 Å². The number of benzene rings is 1. The maximum Gasteiger partial charge on any atom is 0.142 e. The molecule has 22 heavy (non-hydrogen) atoms. The van der Waals surface area contributed by atoms with E-state index in [1.807, 2.05) is 42.5 Å². The Morgan fingerprint density at radius 1 is 1.18 bits per heavy atom. The van der Waals surface area contributed by atoms with Crippen LogP contribution in [-0.2, 0) is 0 Å². The number of anilines is 1. The van der Waals surface area contributed by atoms with E-state index in [-0.39, 0.29) is 5.82 Å². The van der Waals surface area contributed by atoms with Crippen LogP contribution >= 0.6 is 0 Å². The molecule has 5 nitrogen and oxygen atoms in total. The van der Waals surface area contributed by atoms with Crippen LogP contribution < -0.4 is 10.5 Å². The molecule has 3 aromatic rings. The summed E-state index contributed by atoms with van der Waals surface area (Å²) in [4.78, 5) is 7.45. The SMILES string of the molecule is COc1ccccc1-c1cc(-c2ccc[nH]2)c(C#N)c(N)n1. The molecule has 0 bridgehead atoms. The lowest BCUT2D eigenvalue weighted by Gasteiger charge is -2.11. The molecule has 0 radical (unpaired) electrons. The van der Waals surface area contributed by atoms with Crippen LogP contribution in [0.3, 0.4) is 0 Å². The van der Waals surface area contributed by atoms with Crippen LogP contribution in [0, 0.1) is 11.3 Å². The molecule has 2 heterocycles. The number of hydrogen-bond acceptors (Lipinski definition) is 4. The largest absolute Gasteiger partial charge is 0.496 e. The third-order valence-electron chi connectivity index (χ3n) is 3.43. The molecule has 0 saturated carbocycles. The van der Waals surface area contributed by atoms with Crippen molar-refractivity contribution in [1.82, 2.24) is 9.97 Å². The molecule has 0 amide bonds. The molecule has 0 unspecified atom stereocenters. The van der Waals surface area contributed by atoms with Crippen LogP contribution in [0.4, 0.5) is 5.82 Å². The normalized spacial score (nSPS) is 10.2. The van der Waals surface area contributed by atoms with Gasteiger partial charge in [-0.3, -0.25) is 0 Å². The Balaban J connectivity index is 2.25. The molecule has 3 N–H and O–H groups in total. The van der Waals surface area contributed by atoms with Gasteiger partial charge in [0.2, 0.25) is 0 Å². The number of pyridine rings is 1. The summed E-state index contributed by atoms with van der Waals surface area (Å²) < 4.78 is 5.37. The fourth-order valence-electron chi connectivity index (χ4n) is 2.39. The summed E-state index contributed by atoms with van der Waals surface area (Å²) in [6, 6.07) is 15.3. The van der Waals surface area contributed by atoms with Crippen LogP contribution in [0.25, 0.3) is 22.5 Å². The first-order valence-electron chi connectivity index (χ1n) is 6.72. The molecule has 0 saturated heterocycles. The van der Waals surface area contributed by atoms with Gasteiger partial charge in [0.1, 0.15) is 23.2 Å². The van der Waals surface area contributed by atoms with Crippen molar-refractivity contribution in [2.75, 3.05) is 12.8 Å². The number of methoxy groups -OCH3 is 1. The topological polar surface area (TPSA) is 87.7 Å². The van der Waals surface area contributed by atoms with Crippen molar-refractivity contribution >= 4 is 5.82 Å². The minimum atomic E-state index is 0.204. The number of ether oxygens (including phenoxy) is 1. The van der Waals surface area contributed by atoms with E-state index in [0.717, 1.165) is 16.8 Å². The maximum absolute atomic E-state index is 9.35. The van der Waals surface area contributed by atoms with E-state index in [1.165, 1.54) is 0 Å². The van der Waals surface area contributed by atoms with E-state index in [9.17, 15) is 5.26 Å². The first-order chi connectivity index (χ1) is 10.7. The molecule has 0 fully saturated rings. The van der Waals surface area contributed by atoms with Crippen molar-refractivity contribution in [2.45, 2.75) is 0 Å². The zero-order valence-corrected chi connectivity index (χ0v) is 12.0. The average molecular weight is 290 g/mol. The van der Waals surface area contributed by atoms with Crippen molar-refractivity contribution in [2.24, 2.45) is 0 Å². The predicted octanol–water partition coefficient (Wildman–Crippen LogP) is 3.21. The molecule has 0 spiro atoms. The van der Waals surface area contributed by atoms with Gasteiger partial charge in [-0.2, -0.15) is 5.26 Å². The highest BCUT2D eigenvalue weighted by molar-refractivity contribution is 5.80. The number of para-hydroxylation sites is 1. The third kappa shape index (κ3) is 2.27. The van der Waals surface area contributed by atoms with E-state index in [2.05, 4.69) is 16.0 Å². The van der Waals surface area contributed by atoms with Gasteiger partial charge in [0.25, 0.3) is 0 Å². The number of nitrogen functional groups attached to an aromatic ring is 1. The molecular formula is C17H14N4O. The lowest BCUT2D eigenvalue weighted by molar-refractivity contribution is 0.416. The van der Waals surface area contributed by atoms with Gasteiger partial charge in [0, 0.05) is 23.0 Å². The molecule has 3 rings (SSSR count). The number of nitrogens with two attached hydrogens (primary N) is 1. The summed E-state index contributed by atoms with van der Waals surface area (Å²) in [7, 11) is 1.61. The highest BCUT2D eigenvalue weighted by Gasteiger charge is 2.15. The van der Waals surface area contributed by atoms with E-state index in [0.29, 0.717) is 17.0 Å². The predicted molar refractivity (Wildman–Crippen MR) is 85.1 cm³/mol. The lowest BCUT2D eigenvalue weighted by atomic mass is 10.0. The fourth-order valence-corrected chi connectivity index (χ4v) is 2.39. The minimum Gasteiger partial charge on any atom is -0.496 e. The van der Waals surface area contributed by atoms with Crippen molar-refractivity contribution in [3.63, 3.8) is 0 Å². The zero-order chi connectivity index (χ0) is 15.5. The Hall–Kier alpha value is -3.26. The van der Waals surface area contributed by atoms with E-state index in [1.54, 1.807) is 13.3 Å². The van der Waals surface area contributed by atoms with Gasteiger partial charge < -0.3 is 15.5 Å². The van der Waals surface area contributed by atoms with Crippen molar-refractivity contribution in [1.29, 1.82) is 5.26 Å². The first-order valence-corrected chi connectivity index (χ1v) is 6.72. The minimum absolute atomic E-state index is 0.204. The zero-order valence-electron chi connectivity index (χ0n) is 12.0. The van der Waals surface area contributed by atoms with Crippen LogP contribution in [-0.4, -0.2) is 17.1 Å². The summed E-state index contributed by atoms with van der Waals surface area (Å²) in [5, 5.41) is 9.35. The van der Waals surface area contributed by atoms with E-state index < -0.39 is 0 Å². The molecule has 2 aromatic heterocycles. The fraction of sp³-hybridized carbons (Fsp3) is 0.0588. The van der Waals surface area contributed by atoms with E-state index >= 15 is 0 Å². The van der Waals surface area contributed by atoms with Crippen LogP contribution in [0.15, 0.2) is 48.7 Å². The summed E-state index contributed by atoms with van der Waals surface area (Å²) in [5.74, 6) is 0.909. The Bertz CT molecular complexity index is 848. The second kappa shape index (κ2) is 5.62. The quantitative estimate of drug-likeness (QED) is 0.775. The van der Waals surface area contributed by atoms with Gasteiger partial charge in [-0.1, -0.05) is 12.1 Å². The molecule has 0 aliphatic rings. The Kier molecular flexibility index (Phi) is 3.50. The maximum atomic E-state index is 9.35. The third-order valence-corrected chi connectivity index (χ3v) is 3.43. The number of nitriles is 1. The number of H-pyrrole nitrogens is 1. The standard InChI is InChI=1S/C17H14N4O/c1-22-16-7-3-2-5-11(16)15-9-12(14-6-4-8-20-14)13(10-18)17(19)21-15/h2-9,20H,1H3,(H2,19,21). The number of aromatic amines is 1. The first kappa shape index (κ1) is 13.7. The summed E-state index contributed by atoms with van der Waals surface area (Å²) in [6.07, 6.45) is 1.80. The van der Waals surface area contributed by atoms with Crippen molar-refractivity contribution in [3.8, 4) is 34.3 Å².